The molecule has 0 radical (unpaired) electrons. The summed E-state index contributed by atoms with van der Waals surface area (Å²) in [6, 6.07) is 0. The van der Waals surface area contributed by atoms with Gasteiger partial charge in [0.15, 0.2) is 0 Å². The predicted molar refractivity (Wildman–Crippen MR) is 39.1 cm³/mol. The summed E-state index contributed by atoms with van der Waals surface area (Å²) in [5, 5.41) is 3.05. The molecule has 0 bridgehead atoms. The average molecular weight is 180 g/mol. The average Bonchev–Trinajstić information content (AvgIpc) is 1.94. The van der Waals surface area contributed by atoms with Gasteiger partial charge in [0.05, 0.1) is 0 Å². The van der Waals surface area contributed by atoms with Crippen LogP contribution in [0.4, 0.5) is 0 Å². The fourth-order valence-corrected chi connectivity index (χ4v) is 0.287. The van der Waals surface area contributed by atoms with Crippen molar-refractivity contribution < 1.29 is 19.4 Å². The molecule has 0 aromatic heterocycles. The second-order valence-corrected chi connectivity index (χ2v) is 1.24. The van der Waals surface area contributed by atoms with E-state index < -0.39 is 0 Å². The summed E-state index contributed by atoms with van der Waals surface area (Å²) < 4.78 is 0. The Morgan fingerprint density at radius 2 is 1.56 bits per heavy atom. The predicted octanol–water partition coefficient (Wildman–Crippen LogP) is 1.64. The zero-order valence-corrected chi connectivity index (χ0v) is 7.68. The molecule has 3 heteroatoms. The second kappa shape index (κ2) is 15.8. The molecule has 51 valence electrons. The van der Waals surface area contributed by atoms with Gasteiger partial charge < -0.3 is 5.32 Å². The van der Waals surface area contributed by atoms with Crippen LogP contribution in [0, 0.1) is 0 Å². The number of hydrogen-bond donors (Lipinski definition) is 1. The maximum absolute atomic E-state index is 4.64. The first-order valence-corrected chi connectivity index (χ1v) is 4.68. The van der Waals surface area contributed by atoms with Crippen molar-refractivity contribution >= 4 is 9.30 Å². The third-order valence-corrected chi connectivity index (χ3v) is 0.577. The molecule has 0 saturated heterocycles. The van der Waals surface area contributed by atoms with Crippen LogP contribution in [0.2, 0.25) is 0 Å². The molecule has 0 unspecified atom stereocenters. The van der Waals surface area contributed by atoms with E-state index in [1.54, 1.807) is 0 Å². The van der Waals surface area contributed by atoms with Crippen LogP contribution in [0.1, 0.15) is 0 Å². The van der Waals surface area contributed by atoms with Gasteiger partial charge in [0.2, 0.25) is 0 Å². The number of rotatable bonds is 4. The Hall–Kier alpha value is 0.444. The third-order valence-electron chi connectivity index (χ3n) is 0.577. The Balaban J connectivity index is 0. The minimum atomic E-state index is 0.867. The van der Waals surface area contributed by atoms with Crippen molar-refractivity contribution in [2.45, 2.75) is 0 Å². The van der Waals surface area contributed by atoms with Gasteiger partial charge in [-0.05, 0) is 0 Å². The Morgan fingerprint density at radius 3 is 1.78 bits per heavy atom. The molecule has 0 aromatic rings. The van der Waals surface area contributed by atoms with Crippen molar-refractivity contribution in [3.05, 3.63) is 25.3 Å². The van der Waals surface area contributed by atoms with Crippen molar-refractivity contribution in [3.8, 4) is 0 Å². The van der Waals surface area contributed by atoms with Gasteiger partial charge in [-0.1, -0.05) is 12.2 Å². The first-order valence-electron chi connectivity index (χ1n) is 2.53. The summed E-state index contributed by atoms with van der Waals surface area (Å²) in [5.41, 5.74) is 0. The Morgan fingerprint density at radius 1 is 1.22 bits per heavy atom. The van der Waals surface area contributed by atoms with Gasteiger partial charge in [-0.25, -0.2) is 0 Å². The van der Waals surface area contributed by atoms with E-state index in [4.69, 9.17) is 0 Å². The number of hydrogen-bond acceptors (Lipinski definition) is 1. The van der Waals surface area contributed by atoms with Crippen LogP contribution in [0.5, 0.6) is 0 Å². The van der Waals surface area contributed by atoms with Crippen molar-refractivity contribution in [2.75, 3.05) is 13.1 Å². The monoisotopic (exact) mass is 180 g/mol. The molecule has 9 heavy (non-hydrogen) atoms. The molecule has 0 aliphatic rings. The van der Waals surface area contributed by atoms with Gasteiger partial charge >= 0.3 is 28.7 Å². The van der Waals surface area contributed by atoms with E-state index in [1.807, 2.05) is 12.2 Å². The van der Waals surface area contributed by atoms with Gasteiger partial charge in [-0.3, -0.25) is 0 Å². The number of nitrogens with one attached hydrogen (secondary N) is 1. The molecule has 0 fully saturated rings. The Bertz CT molecular complexity index is 58.1. The molecule has 0 saturated carbocycles. The van der Waals surface area contributed by atoms with Crippen LogP contribution < -0.4 is 5.32 Å². The summed E-state index contributed by atoms with van der Waals surface area (Å²) in [4.78, 5) is 0. The van der Waals surface area contributed by atoms with Crippen molar-refractivity contribution in [3.63, 3.8) is 0 Å². The van der Waals surface area contributed by atoms with Crippen LogP contribution in [0.3, 0.4) is 0 Å². The van der Waals surface area contributed by atoms with Crippen molar-refractivity contribution in [2.24, 2.45) is 0 Å². The molecule has 0 aliphatic heterocycles. The first-order chi connectivity index (χ1) is 4.41. The summed E-state index contributed by atoms with van der Waals surface area (Å²) in [6.07, 6.45) is 3.65. The molecule has 0 spiro atoms. The minimum absolute atomic E-state index is 0.867. The van der Waals surface area contributed by atoms with E-state index in [0.717, 1.165) is 13.1 Å². The molecule has 0 heterocycles. The van der Waals surface area contributed by atoms with Crippen LogP contribution >= 0.6 is 9.30 Å². The van der Waals surface area contributed by atoms with Gasteiger partial charge in [-0.15, -0.1) is 13.2 Å². The van der Waals surface area contributed by atoms with Crippen LogP contribution in [-0.4, -0.2) is 13.1 Å². The molecule has 0 atom stereocenters. The van der Waals surface area contributed by atoms with Gasteiger partial charge in [0.1, 0.15) is 0 Å². The molecular formula is C6H11ClNTi. The van der Waals surface area contributed by atoms with Crippen LogP contribution in [-0.2, 0) is 19.4 Å². The van der Waals surface area contributed by atoms with Crippen molar-refractivity contribution in [1.29, 1.82) is 0 Å². The van der Waals surface area contributed by atoms with E-state index >= 15 is 0 Å². The molecule has 0 aromatic carbocycles. The fraction of sp³-hybridized carbons (Fsp3) is 0.333. The summed E-state index contributed by atoms with van der Waals surface area (Å²) in [7, 11) is 4.64. The molecule has 0 rings (SSSR count). The van der Waals surface area contributed by atoms with E-state index in [0.29, 0.717) is 0 Å². The zero-order chi connectivity index (χ0) is 7.54. The van der Waals surface area contributed by atoms with Gasteiger partial charge in [-0.2, -0.15) is 0 Å². The zero-order valence-electron chi connectivity index (χ0n) is 5.36. The molecule has 0 aliphatic carbocycles. The summed E-state index contributed by atoms with van der Waals surface area (Å²) in [5.74, 6) is 0. The normalized spacial score (nSPS) is 6.67. The Kier molecular flexibility index (Phi) is 21.3. The van der Waals surface area contributed by atoms with E-state index in [-0.39, 0.29) is 0 Å². The Labute approximate surface area is 72.4 Å². The maximum atomic E-state index is 4.64. The van der Waals surface area contributed by atoms with E-state index in [1.165, 1.54) is 19.4 Å². The van der Waals surface area contributed by atoms with Crippen LogP contribution in [0.15, 0.2) is 25.3 Å². The van der Waals surface area contributed by atoms with Crippen molar-refractivity contribution in [1.82, 2.24) is 5.32 Å². The molecular weight excluding hydrogens is 169 g/mol. The quantitative estimate of drug-likeness (QED) is 0.394. The summed E-state index contributed by atoms with van der Waals surface area (Å²) >= 11 is 1.47. The molecule has 1 N–H and O–H groups in total. The number of halogens is 1. The SMILES string of the molecule is C=CCNCC=C.[Cl][Ti]. The topological polar surface area (TPSA) is 12.0 Å². The van der Waals surface area contributed by atoms with Gasteiger partial charge in [0.25, 0.3) is 0 Å². The van der Waals surface area contributed by atoms with E-state index in [2.05, 4.69) is 27.8 Å². The van der Waals surface area contributed by atoms with Crippen LogP contribution in [0.25, 0.3) is 0 Å². The fourth-order valence-electron chi connectivity index (χ4n) is 0.287. The standard InChI is InChI=1S/C6H11N.ClH.Ti/c1-3-5-7-6-4-2;;/h3-4,7H,1-2,5-6H2;1H;/q;;+1/p-1. The molecule has 0 amide bonds. The summed E-state index contributed by atoms with van der Waals surface area (Å²) in [6.45, 7) is 8.81. The van der Waals surface area contributed by atoms with E-state index in [9.17, 15) is 0 Å². The first kappa shape index (κ1) is 12.2. The molecule has 1 nitrogen and oxygen atoms in total. The second-order valence-electron chi connectivity index (χ2n) is 1.24. The van der Waals surface area contributed by atoms with Gasteiger partial charge in [0, 0.05) is 13.1 Å². The third kappa shape index (κ3) is 17.8.